The summed E-state index contributed by atoms with van der Waals surface area (Å²) in [5.74, 6) is 0. The summed E-state index contributed by atoms with van der Waals surface area (Å²) >= 11 is 0. The molecule has 1 atom stereocenters. The number of hydrogen-bond donors (Lipinski definition) is 3. The average Bonchev–Trinajstić information content (AvgIpc) is 2.47. The predicted molar refractivity (Wildman–Crippen MR) is 77.0 cm³/mol. The van der Waals surface area contributed by atoms with E-state index in [0.717, 1.165) is 45.2 Å². The first-order valence-electron chi connectivity index (χ1n) is 7.39. The molecule has 1 aliphatic heterocycles. The first kappa shape index (κ1) is 13.1. The van der Waals surface area contributed by atoms with Crippen LogP contribution in [0.1, 0.15) is 30.4 Å². The average molecular weight is 260 g/mol. The van der Waals surface area contributed by atoms with Crippen LogP contribution < -0.4 is 11.1 Å². The first-order chi connectivity index (χ1) is 9.19. The summed E-state index contributed by atoms with van der Waals surface area (Å²) in [6, 6.07) is 8.61. The number of benzene rings is 1. The Balaban J connectivity index is 1.93. The van der Waals surface area contributed by atoms with Crippen LogP contribution in [0.3, 0.4) is 0 Å². The van der Waals surface area contributed by atoms with Gasteiger partial charge < -0.3 is 16.2 Å². The largest absolute Gasteiger partial charge is 0.389 e. The van der Waals surface area contributed by atoms with E-state index in [4.69, 9.17) is 5.73 Å². The second-order valence-electron chi connectivity index (χ2n) is 6.21. The van der Waals surface area contributed by atoms with Crippen molar-refractivity contribution in [1.82, 2.24) is 5.32 Å². The van der Waals surface area contributed by atoms with Crippen LogP contribution in [0.25, 0.3) is 0 Å². The highest BCUT2D eigenvalue weighted by Crippen LogP contribution is 2.46. The summed E-state index contributed by atoms with van der Waals surface area (Å²) in [6.45, 7) is 2.39. The lowest BCUT2D eigenvalue weighted by Gasteiger charge is -2.51. The van der Waals surface area contributed by atoms with Crippen molar-refractivity contribution in [2.45, 2.75) is 37.7 Å². The fourth-order valence-electron chi connectivity index (χ4n) is 3.93. The van der Waals surface area contributed by atoms with Gasteiger partial charge in [0.2, 0.25) is 0 Å². The summed E-state index contributed by atoms with van der Waals surface area (Å²) in [5.41, 5.74) is 8.21. The van der Waals surface area contributed by atoms with Crippen LogP contribution in [0.15, 0.2) is 24.3 Å². The van der Waals surface area contributed by atoms with E-state index in [0.29, 0.717) is 6.54 Å². The molecule has 3 rings (SSSR count). The van der Waals surface area contributed by atoms with Crippen molar-refractivity contribution in [3.63, 3.8) is 0 Å². The molecule has 3 nitrogen and oxygen atoms in total. The number of hydrogen-bond acceptors (Lipinski definition) is 3. The molecule has 1 fully saturated rings. The number of piperidine rings is 1. The topological polar surface area (TPSA) is 58.3 Å². The third kappa shape index (κ3) is 2.10. The van der Waals surface area contributed by atoms with E-state index in [2.05, 4.69) is 29.6 Å². The van der Waals surface area contributed by atoms with Gasteiger partial charge >= 0.3 is 0 Å². The fraction of sp³-hybridized carbons (Fsp3) is 0.625. The third-order valence-electron chi connectivity index (χ3n) is 5.33. The summed E-state index contributed by atoms with van der Waals surface area (Å²) in [5, 5.41) is 14.5. The number of aryl methyl sites for hydroxylation is 1. The number of nitrogens with one attached hydrogen (secondary N) is 1. The second kappa shape index (κ2) is 4.89. The molecule has 0 aromatic heterocycles. The van der Waals surface area contributed by atoms with E-state index < -0.39 is 5.60 Å². The maximum absolute atomic E-state index is 11.2. The van der Waals surface area contributed by atoms with Gasteiger partial charge in [-0.25, -0.2) is 0 Å². The molecule has 2 aliphatic rings. The predicted octanol–water partition coefficient (Wildman–Crippen LogP) is 1.23. The molecule has 1 aromatic carbocycles. The Morgan fingerprint density at radius 3 is 2.47 bits per heavy atom. The van der Waals surface area contributed by atoms with Crippen LogP contribution >= 0.6 is 0 Å². The minimum absolute atomic E-state index is 0.135. The summed E-state index contributed by atoms with van der Waals surface area (Å²) in [4.78, 5) is 0. The van der Waals surface area contributed by atoms with Crippen molar-refractivity contribution >= 4 is 0 Å². The lowest BCUT2D eigenvalue weighted by molar-refractivity contribution is -0.108. The summed E-state index contributed by atoms with van der Waals surface area (Å²) in [6.07, 6.45) is 4.63. The van der Waals surface area contributed by atoms with Crippen LogP contribution in [0, 0.1) is 5.41 Å². The zero-order valence-corrected chi connectivity index (χ0v) is 11.5. The van der Waals surface area contributed by atoms with E-state index in [9.17, 15) is 5.11 Å². The molecule has 0 saturated carbocycles. The SMILES string of the molecule is NCC1(C2(O)CCNCC2)CCc2ccccc2C1. The Hall–Kier alpha value is -0.900. The highest BCUT2D eigenvalue weighted by Gasteiger charge is 2.50. The van der Waals surface area contributed by atoms with E-state index in [-0.39, 0.29) is 5.41 Å². The van der Waals surface area contributed by atoms with E-state index in [1.807, 2.05) is 0 Å². The van der Waals surface area contributed by atoms with Crippen molar-refractivity contribution in [3.8, 4) is 0 Å². The van der Waals surface area contributed by atoms with Crippen LogP contribution in [0.2, 0.25) is 0 Å². The molecule has 1 saturated heterocycles. The van der Waals surface area contributed by atoms with Crippen molar-refractivity contribution < 1.29 is 5.11 Å². The normalized spacial score (nSPS) is 29.8. The van der Waals surface area contributed by atoms with E-state index >= 15 is 0 Å². The number of fused-ring (bicyclic) bond motifs is 1. The van der Waals surface area contributed by atoms with Crippen molar-refractivity contribution in [2.75, 3.05) is 19.6 Å². The van der Waals surface area contributed by atoms with Gasteiger partial charge in [0.05, 0.1) is 5.60 Å². The molecule has 1 unspecified atom stereocenters. The molecular weight excluding hydrogens is 236 g/mol. The number of rotatable bonds is 2. The van der Waals surface area contributed by atoms with Gasteiger partial charge in [-0.3, -0.25) is 0 Å². The molecular formula is C16H24N2O. The first-order valence-corrected chi connectivity index (χ1v) is 7.39. The Kier molecular flexibility index (Phi) is 3.37. The number of aliphatic hydroxyl groups is 1. The smallest absolute Gasteiger partial charge is 0.0743 e. The minimum atomic E-state index is -0.597. The quantitative estimate of drug-likeness (QED) is 0.750. The zero-order valence-electron chi connectivity index (χ0n) is 11.5. The molecule has 19 heavy (non-hydrogen) atoms. The molecule has 1 aromatic rings. The molecule has 1 heterocycles. The summed E-state index contributed by atoms with van der Waals surface area (Å²) in [7, 11) is 0. The van der Waals surface area contributed by atoms with Gasteiger partial charge in [0, 0.05) is 12.0 Å². The molecule has 0 spiro atoms. The van der Waals surface area contributed by atoms with E-state index in [1.165, 1.54) is 11.1 Å². The Bertz CT molecular complexity index is 454. The Labute approximate surface area is 115 Å². The Morgan fingerprint density at radius 2 is 1.79 bits per heavy atom. The third-order valence-corrected chi connectivity index (χ3v) is 5.33. The zero-order chi connectivity index (χ0) is 13.3. The Morgan fingerprint density at radius 1 is 1.11 bits per heavy atom. The molecule has 1 aliphatic carbocycles. The van der Waals surface area contributed by atoms with Gasteiger partial charge in [-0.2, -0.15) is 0 Å². The molecule has 104 valence electrons. The lowest BCUT2D eigenvalue weighted by atomic mass is 9.59. The molecule has 4 N–H and O–H groups in total. The van der Waals surface area contributed by atoms with Crippen molar-refractivity contribution in [1.29, 1.82) is 0 Å². The van der Waals surface area contributed by atoms with Gasteiger partial charge in [-0.05, 0) is 56.3 Å². The highest BCUT2D eigenvalue weighted by atomic mass is 16.3. The maximum atomic E-state index is 11.2. The number of nitrogens with two attached hydrogens (primary N) is 1. The standard InChI is InChI=1S/C16H24N2O/c17-12-15(16(19)7-9-18-10-8-16)6-5-13-3-1-2-4-14(13)11-15/h1-4,18-19H,5-12,17H2. The van der Waals surface area contributed by atoms with Crippen molar-refractivity contribution in [2.24, 2.45) is 11.1 Å². The van der Waals surface area contributed by atoms with Gasteiger partial charge in [-0.15, -0.1) is 0 Å². The molecule has 0 bridgehead atoms. The summed E-state index contributed by atoms with van der Waals surface area (Å²) < 4.78 is 0. The van der Waals surface area contributed by atoms with Crippen LogP contribution in [-0.2, 0) is 12.8 Å². The lowest BCUT2D eigenvalue weighted by Crippen LogP contribution is -2.59. The fourth-order valence-corrected chi connectivity index (χ4v) is 3.93. The monoisotopic (exact) mass is 260 g/mol. The van der Waals surface area contributed by atoms with Gasteiger partial charge in [-0.1, -0.05) is 24.3 Å². The second-order valence-corrected chi connectivity index (χ2v) is 6.21. The van der Waals surface area contributed by atoms with E-state index in [1.54, 1.807) is 0 Å². The minimum Gasteiger partial charge on any atom is -0.389 e. The van der Waals surface area contributed by atoms with Crippen LogP contribution in [0.4, 0.5) is 0 Å². The highest BCUT2D eigenvalue weighted by molar-refractivity contribution is 5.32. The maximum Gasteiger partial charge on any atom is 0.0743 e. The van der Waals surface area contributed by atoms with Crippen molar-refractivity contribution in [3.05, 3.63) is 35.4 Å². The molecule has 0 amide bonds. The van der Waals surface area contributed by atoms with Crippen LogP contribution in [0.5, 0.6) is 0 Å². The van der Waals surface area contributed by atoms with Gasteiger partial charge in [0.15, 0.2) is 0 Å². The molecule has 3 heteroatoms. The van der Waals surface area contributed by atoms with Crippen LogP contribution in [-0.4, -0.2) is 30.3 Å². The molecule has 0 radical (unpaired) electrons. The van der Waals surface area contributed by atoms with Gasteiger partial charge in [0.25, 0.3) is 0 Å². The van der Waals surface area contributed by atoms with Gasteiger partial charge in [0.1, 0.15) is 0 Å².